The summed E-state index contributed by atoms with van der Waals surface area (Å²) < 4.78 is 37.7. The highest BCUT2D eigenvalue weighted by atomic mass is 16.8. The van der Waals surface area contributed by atoms with Crippen molar-refractivity contribution >= 4 is 0 Å². The molecule has 3 aliphatic heterocycles. The van der Waals surface area contributed by atoms with E-state index in [1.165, 1.54) is 0 Å². The number of rotatable bonds is 12. The fourth-order valence-electron chi connectivity index (χ4n) is 14.6. The second-order valence-corrected chi connectivity index (χ2v) is 22.6. The van der Waals surface area contributed by atoms with Crippen LogP contribution >= 0.6 is 0 Å². The monoisotopic (exact) mass is 933 g/mol. The smallest absolute Gasteiger partial charge is 0.187 e. The van der Waals surface area contributed by atoms with Crippen LogP contribution in [0.25, 0.3) is 0 Å². The third-order valence-electron chi connectivity index (χ3n) is 18.3. The van der Waals surface area contributed by atoms with Crippen molar-refractivity contribution in [3.8, 4) is 0 Å². The zero-order valence-electron chi connectivity index (χ0n) is 39.3. The lowest BCUT2D eigenvalue weighted by molar-refractivity contribution is -0.377. The molecule has 18 heteroatoms. The Bertz CT molecular complexity index is 1660. The van der Waals surface area contributed by atoms with Gasteiger partial charge in [-0.05, 0) is 117 Å². The molecule has 24 unspecified atom stereocenters. The van der Waals surface area contributed by atoms with Crippen molar-refractivity contribution in [1.82, 2.24) is 0 Å². The van der Waals surface area contributed by atoms with Gasteiger partial charge in [0.15, 0.2) is 18.9 Å². The van der Waals surface area contributed by atoms with Crippen LogP contribution in [-0.2, 0) is 28.4 Å². The van der Waals surface area contributed by atoms with Gasteiger partial charge < -0.3 is 89.7 Å². The molecule has 25 atom stereocenters. The molecule has 18 nitrogen and oxygen atoms in total. The Labute approximate surface area is 382 Å². The Morgan fingerprint density at radius 2 is 1.31 bits per heavy atom. The molecule has 0 bridgehead atoms. The van der Waals surface area contributed by atoms with Crippen molar-refractivity contribution in [3.63, 3.8) is 0 Å². The van der Waals surface area contributed by atoms with E-state index in [1.54, 1.807) is 0 Å². The third kappa shape index (κ3) is 8.72. The van der Waals surface area contributed by atoms with Crippen LogP contribution < -0.4 is 0 Å². The molecule has 4 aliphatic carbocycles. The largest absolute Gasteiger partial charge is 0.394 e. The van der Waals surface area contributed by atoms with Gasteiger partial charge in [-0.2, -0.15) is 0 Å². The lowest BCUT2D eigenvalue weighted by Gasteiger charge is -2.72. The number of hydrogen-bond acceptors (Lipinski definition) is 18. The van der Waals surface area contributed by atoms with Gasteiger partial charge in [-0.25, -0.2) is 0 Å². The number of fused-ring (bicyclic) bond motifs is 5. The highest BCUT2D eigenvalue weighted by molar-refractivity contribution is 5.22. The van der Waals surface area contributed by atoms with Crippen LogP contribution in [0, 0.1) is 45.3 Å². The van der Waals surface area contributed by atoms with E-state index in [0.29, 0.717) is 51.4 Å². The molecule has 0 amide bonds. The van der Waals surface area contributed by atoms with E-state index in [1.807, 2.05) is 34.6 Å². The minimum atomic E-state index is -1.73. The molecule has 3 heterocycles. The zero-order valence-corrected chi connectivity index (χ0v) is 39.3. The van der Waals surface area contributed by atoms with Crippen molar-refractivity contribution in [3.05, 3.63) is 11.6 Å². The Balaban J connectivity index is 1.27. The predicted molar refractivity (Wildman–Crippen MR) is 229 cm³/mol. The molecule has 4 saturated carbocycles. The van der Waals surface area contributed by atoms with Crippen LogP contribution in [0.15, 0.2) is 11.6 Å². The number of aliphatic hydroxyl groups is 12. The van der Waals surface area contributed by atoms with Crippen molar-refractivity contribution in [2.24, 2.45) is 45.3 Å². The molecule has 0 aromatic carbocycles. The molecular weight excluding hydrogens is 852 g/mol. The van der Waals surface area contributed by atoms with Crippen LogP contribution in [0.3, 0.4) is 0 Å². The quantitative estimate of drug-likeness (QED) is 0.0874. The summed E-state index contributed by atoms with van der Waals surface area (Å²) in [4.78, 5) is 0. The number of ether oxygens (including phenoxy) is 6. The number of hydrogen-bond donors (Lipinski definition) is 12. The van der Waals surface area contributed by atoms with Crippen LogP contribution in [0.4, 0.5) is 0 Å². The van der Waals surface area contributed by atoms with Gasteiger partial charge in [-0.15, -0.1) is 0 Å². The maximum Gasteiger partial charge on any atom is 0.187 e. The van der Waals surface area contributed by atoms with Crippen LogP contribution in [0.1, 0.15) is 107 Å². The van der Waals surface area contributed by atoms with Gasteiger partial charge in [0.05, 0.1) is 43.7 Å². The summed E-state index contributed by atoms with van der Waals surface area (Å²) >= 11 is 0. The summed E-state index contributed by atoms with van der Waals surface area (Å²) in [6, 6.07) is 0. The molecule has 0 aromatic rings. The second kappa shape index (κ2) is 19.0. The SMILES string of the molecule is CC(C)=CCCC(C)(OC1OC(CO)C(O)C(O)C1O)C1CCC2(C)C1C(O)CC1C3(C)CCC(O)C(C)(C)C3C(OC3OC(CO)C(O)C(O)C3O[C@@H]3OCC(O)C(O)C3O)CC12C. The fraction of sp³-hybridized carbons (Fsp3) is 0.957. The van der Waals surface area contributed by atoms with Crippen molar-refractivity contribution in [2.45, 2.75) is 217 Å². The first-order chi connectivity index (χ1) is 30.3. The standard InChI is InChI=1S/C47H80O18/c1-21(2)10-9-13-47(8,65-41-37(59)34(56)32(54)26(18-48)62-41)22-11-15-45(6)30(22)23(50)16-28-44(5)14-12-29(52)43(3,4)39(44)25(17-46(28,45)7)61-42-38(35(57)33(55)27(19-49)63-42)64-40-36(58)31(53)24(51)20-60-40/h10,22-42,48-59H,9,11-20H2,1-8H3/t22?,23?,24?,25?,26?,27?,28?,29?,30?,31?,32?,33?,34?,35?,36?,37?,38?,39?,40-,41?,42?,44?,45?,46?,47?/m0/s1. The fourth-order valence-corrected chi connectivity index (χ4v) is 14.6. The van der Waals surface area contributed by atoms with Gasteiger partial charge in [0.2, 0.25) is 0 Å². The van der Waals surface area contributed by atoms with Crippen LogP contribution in [0.5, 0.6) is 0 Å². The first-order valence-corrected chi connectivity index (χ1v) is 23.9. The van der Waals surface area contributed by atoms with E-state index < -0.39 is 145 Å². The van der Waals surface area contributed by atoms with Gasteiger partial charge in [-0.3, -0.25) is 0 Å². The van der Waals surface area contributed by atoms with E-state index in [0.717, 1.165) is 5.57 Å². The Morgan fingerprint density at radius 1 is 0.692 bits per heavy atom. The summed E-state index contributed by atoms with van der Waals surface area (Å²) in [5.41, 5.74) is -2.41. The normalized spacial score (nSPS) is 53.0. The van der Waals surface area contributed by atoms with Crippen molar-refractivity contribution in [1.29, 1.82) is 0 Å². The Hall–Kier alpha value is -0.980. The maximum atomic E-state index is 12.7. The topological polar surface area (TPSA) is 298 Å². The molecule has 3 saturated heterocycles. The van der Waals surface area contributed by atoms with E-state index in [4.69, 9.17) is 28.4 Å². The highest BCUT2D eigenvalue weighted by Crippen LogP contribution is 2.76. The molecule has 376 valence electrons. The molecule has 7 rings (SSSR count). The lowest BCUT2D eigenvalue weighted by atomic mass is 9.34. The zero-order chi connectivity index (χ0) is 47.9. The van der Waals surface area contributed by atoms with Gasteiger partial charge in [0.1, 0.15) is 67.1 Å². The molecule has 0 radical (unpaired) electrons. The third-order valence-corrected chi connectivity index (χ3v) is 18.3. The summed E-state index contributed by atoms with van der Waals surface area (Å²) in [6.45, 7) is 15.0. The molecular formula is C47H80O18. The van der Waals surface area contributed by atoms with Gasteiger partial charge in [-0.1, -0.05) is 46.3 Å². The summed E-state index contributed by atoms with van der Waals surface area (Å²) in [6.07, 6.45) is -17.2. The Morgan fingerprint density at radius 3 is 1.94 bits per heavy atom. The van der Waals surface area contributed by atoms with Crippen molar-refractivity contribution in [2.75, 3.05) is 19.8 Å². The minimum Gasteiger partial charge on any atom is -0.394 e. The van der Waals surface area contributed by atoms with Crippen LogP contribution in [0.2, 0.25) is 0 Å². The van der Waals surface area contributed by atoms with Crippen LogP contribution in [-0.4, -0.2) is 191 Å². The summed E-state index contributed by atoms with van der Waals surface area (Å²) in [7, 11) is 0. The average molecular weight is 933 g/mol. The van der Waals surface area contributed by atoms with Gasteiger partial charge >= 0.3 is 0 Å². The van der Waals surface area contributed by atoms with Crippen molar-refractivity contribution < 1.29 is 89.7 Å². The summed E-state index contributed by atoms with van der Waals surface area (Å²) in [5, 5.41) is 131. The lowest BCUT2D eigenvalue weighted by Crippen LogP contribution is -2.71. The molecule has 0 spiro atoms. The predicted octanol–water partition coefficient (Wildman–Crippen LogP) is -0.417. The average Bonchev–Trinajstić information content (AvgIpc) is 3.63. The van der Waals surface area contributed by atoms with Gasteiger partial charge in [0, 0.05) is 0 Å². The number of allylic oxidation sites excluding steroid dienone is 2. The molecule has 12 N–H and O–H groups in total. The summed E-state index contributed by atoms with van der Waals surface area (Å²) in [5.74, 6) is -1.11. The molecule has 65 heavy (non-hydrogen) atoms. The first-order valence-electron chi connectivity index (χ1n) is 23.9. The van der Waals surface area contributed by atoms with E-state index >= 15 is 0 Å². The molecule has 0 aromatic heterocycles. The first kappa shape index (κ1) is 51.9. The van der Waals surface area contributed by atoms with E-state index in [-0.39, 0.29) is 30.3 Å². The van der Waals surface area contributed by atoms with Gasteiger partial charge in [0.25, 0.3) is 0 Å². The van der Waals surface area contributed by atoms with E-state index in [2.05, 4.69) is 26.8 Å². The minimum absolute atomic E-state index is 0.0828. The van der Waals surface area contributed by atoms with E-state index in [9.17, 15) is 61.3 Å². The maximum absolute atomic E-state index is 12.7. The highest BCUT2D eigenvalue weighted by Gasteiger charge is 2.74. The Kier molecular flexibility index (Phi) is 15.1. The molecule has 7 fully saturated rings. The molecule has 7 aliphatic rings. The second-order valence-electron chi connectivity index (χ2n) is 22.6. The number of aliphatic hydroxyl groups excluding tert-OH is 12.